The number of fused-ring (bicyclic) bond motifs is 1. The zero-order valence-corrected chi connectivity index (χ0v) is 16.4. The van der Waals surface area contributed by atoms with E-state index in [4.69, 9.17) is 4.74 Å². The maximum absolute atomic E-state index is 13.1. The Morgan fingerprint density at radius 2 is 1.86 bits per heavy atom. The van der Waals surface area contributed by atoms with Crippen molar-refractivity contribution < 1.29 is 14.3 Å². The molecule has 0 bridgehead atoms. The molecule has 0 atom stereocenters. The molecule has 0 saturated heterocycles. The Hall–Kier alpha value is -2.82. The van der Waals surface area contributed by atoms with Crippen molar-refractivity contribution in [2.24, 2.45) is 0 Å². The molecule has 2 aliphatic rings. The Morgan fingerprint density at radius 1 is 1.14 bits per heavy atom. The lowest BCUT2D eigenvalue weighted by molar-refractivity contribution is -0.132. The van der Waals surface area contributed by atoms with E-state index in [-0.39, 0.29) is 17.9 Å². The number of hydrogen-bond donors (Lipinski definition) is 1. The highest BCUT2D eigenvalue weighted by Gasteiger charge is 2.41. The van der Waals surface area contributed by atoms with Crippen LogP contribution in [0, 0.1) is 0 Å². The summed E-state index contributed by atoms with van der Waals surface area (Å²) < 4.78 is 5.94. The fraction of sp³-hybridized carbons (Fsp3) is 0.391. The van der Waals surface area contributed by atoms with Gasteiger partial charge in [-0.05, 0) is 50.5 Å². The summed E-state index contributed by atoms with van der Waals surface area (Å²) in [7, 11) is 0. The summed E-state index contributed by atoms with van der Waals surface area (Å²) in [6.07, 6.45) is 4.40. The van der Waals surface area contributed by atoms with E-state index < -0.39 is 5.60 Å². The normalized spacial score (nSPS) is 18.5. The van der Waals surface area contributed by atoms with Gasteiger partial charge in [0.25, 0.3) is 11.8 Å². The smallest absolute Gasteiger partial charge is 0.271 e. The number of ether oxygens (including phenoxy) is 1. The molecule has 5 heteroatoms. The fourth-order valence-corrected chi connectivity index (χ4v) is 3.97. The lowest BCUT2D eigenvalue weighted by atomic mass is 10.0. The van der Waals surface area contributed by atoms with Gasteiger partial charge in [-0.3, -0.25) is 9.59 Å². The van der Waals surface area contributed by atoms with Crippen molar-refractivity contribution in [1.82, 2.24) is 5.32 Å². The maximum Gasteiger partial charge on any atom is 0.271 e. The van der Waals surface area contributed by atoms with Crippen molar-refractivity contribution in [1.29, 1.82) is 0 Å². The Balaban J connectivity index is 1.65. The standard InChI is InChI=1S/C23H26N2O3/c1-23(2)22(27)25(15-16-8-4-3-5-9-16)19-14-17(12-13-20(19)28-23)21(26)24-18-10-6-7-11-18/h3-5,8-9,12-14,18H,6-7,10-11,15H2,1-2H3,(H,24,26). The number of rotatable bonds is 4. The highest BCUT2D eigenvalue weighted by Crippen LogP contribution is 2.39. The molecule has 1 saturated carbocycles. The number of nitrogens with zero attached hydrogens (tertiary/aromatic N) is 1. The molecule has 4 rings (SSSR count). The van der Waals surface area contributed by atoms with E-state index in [1.54, 1.807) is 36.9 Å². The van der Waals surface area contributed by atoms with Crippen LogP contribution in [0.15, 0.2) is 48.5 Å². The molecule has 1 aliphatic heterocycles. The molecule has 1 N–H and O–H groups in total. The average Bonchev–Trinajstić information content (AvgIpc) is 3.19. The molecule has 28 heavy (non-hydrogen) atoms. The predicted octanol–water partition coefficient (Wildman–Crippen LogP) is 4.06. The van der Waals surface area contributed by atoms with Gasteiger partial charge in [0.15, 0.2) is 5.60 Å². The quantitative estimate of drug-likeness (QED) is 0.873. The fourth-order valence-electron chi connectivity index (χ4n) is 3.97. The molecule has 1 fully saturated rings. The molecule has 1 heterocycles. The molecule has 0 aromatic heterocycles. The van der Waals surface area contributed by atoms with Crippen LogP contribution in [0.4, 0.5) is 5.69 Å². The van der Waals surface area contributed by atoms with E-state index in [9.17, 15) is 9.59 Å². The number of benzene rings is 2. The zero-order chi connectivity index (χ0) is 19.7. The second kappa shape index (κ2) is 7.30. The van der Waals surface area contributed by atoms with Crippen LogP contribution < -0.4 is 15.0 Å². The van der Waals surface area contributed by atoms with Crippen LogP contribution in [-0.4, -0.2) is 23.5 Å². The number of amides is 2. The lowest BCUT2D eigenvalue weighted by Crippen LogP contribution is -2.52. The van der Waals surface area contributed by atoms with Crippen LogP contribution in [0.25, 0.3) is 0 Å². The van der Waals surface area contributed by atoms with Gasteiger partial charge >= 0.3 is 0 Å². The topological polar surface area (TPSA) is 58.6 Å². The van der Waals surface area contributed by atoms with Crippen molar-refractivity contribution in [3.63, 3.8) is 0 Å². The van der Waals surface area contributed by atoms with E-state index in [0.717, 1.165) is 31.2 Å². The Morgan fingerprint density at radius 3 is 2.57 bits per heavy atom. The van der Waals surface area contributed by atoms with E-state index in [2.05, 4.69) is 5.32 Å². The summed E-state index contributed by atoms with van der Waals surface area (Å²) in [6, 6.07) is 15.4. The Kier molecular flexibility index (Phi) is 4.84. The summed E-state index contributed by atoms with van der Waals surface area (Å²) in [5.74, 6) is 0.418. The monoisotopic (exact) mass is 378 g/mol. The summed E-state index contributed by atoms with van der Waals surface area (Å²) in [5, 5.41) is 3.11. The largest absolute Gasteiger partial charge is 0.476 e. The number of hydrogen-bond acceptors (Lipinski definition) is 3. The average molecular weight is 378 g/mol. The van der Waals surface area contributed by atoms with Crippen LogP contribution in [-0.2, 0) is 11.3 Å². The highest BCUT2D eigenvalue weighted by molar-refractivity contribution is 6.04. The first-order valence-corrected chi connectivity index (χ1v) is 9.94. The summed E-state index contributed by atoms with van der Waals surface area (Å²) in [5.41, 5.74) is 1.28. The van der Waals surface area contributed by atoms with Gasteiger partial charge in [0.05, 0.1) is 12.2 Å². The van der Waals surface area contributed by atoms with Gasteiger partial charge in [0, 0.05) is 11.6 Å². The molecule has 5 nitrogen and oxygen atoms in total. The highest BCUT2D eigenvalue weighted by atomic mass is 16.5. The number of carbonyl (C=O) groups is 2. The lowest BCUT2D eigenvalue weighted by Gasteiger charge is -2.39. The Labute approximate surface area is 165 Å². The second-order valence-corrected chi connectivity index (χ2v) is 8.13. The molecule has 0 spiro atoms. The second-order valence-electron chi connectivity index (χ2n) is 8.13. The molecular weight excluding hydrogens is 352 g/mol. The SMILES string of the molecule is CC1(C)Oc2ccc(C(=O)NC3CCCC3)cc2N(Cc2ccccc2)C1=O. The molecule has 0 unspecified atom stereocenters. The van der Waals surface area contributed by atoms with Gasteiger partial charge in [0.1, 0.15) is 5.75 Å². The van der Waals surface area contributed by atoms with E-state index in [1.165, 1.54) is 0 Å². The summed E-state index contributed by atoms with van der Waals surface area (Å²) in [6.45, 7) is 3.99. The van der Waals surface area contributed by atoms with Crippen molar-refractivity contribution in [3.8, 4) is 5.75 Å². The Bertz CT molecular complexity index is 886. The summed E-state index contributed by atoms with van der Waals surface area (Å²) in [4.78, 5) is 27.5. The third-order valence-corrected chi connectivity index (χ3v) is 5.51. The first kappa shape index (κ1) is 18.5. The predicted molar refractivity (Wildman–Crippen MR) is 109 cm³/mol. The minimum atomic E-state index is -0.949. The van der Waals surface area contributed by atoms with Crippen molar-refractivity contribution in [2.75, 3.05) is 4.90 Å². The summed E-state index contributed by atoms with van der Waals surface area (Å²) >= 11 is 0. The van der Waals surface area contributed by atoms with E-state index >= 15 is 0 Å². The first-order chi connectivity index (χ1) is 13.4. The van der Waals surface area contributed by atoms with Crippen molar-refractivity contribution >= 4 is 17.5 Å². The molecular formula is C23H26N2O3. The van der Waals surface area contributed by atoms with Gasteiger partial charge in [-0.15, -0.1) is 0 Å². The minimum absolute atomic E-state index is 0.0911. The van der Waals surface area contributed by atoms with Crippen molar-refractivity contribution in [3.05, 3.63) is 59.7 Å². The molecule has 1 aliphatic carbocycles. The molecule has 146 valence electrons. The van der Waals surface area contributed by atoms with Gasteiger partial charge in [-0.2, -0.15) is 0 Å². The van der Waals surface area contributed by atoms with Gasteiger partial charge in [0.2, 0.25) is 0 Å². The van der Waals surface area contributed by atoms with Crippen LogP contribution in [0.3, 0.4) is 0 Å². The molecule has 2 aromatic rings. The maximum atomic E-state index is 13.1. The van der Waals surface area contributed by atoms with Crippen LogP contribution >= 0.6 is 0 Å². The third kappa shape index (κ3) is 3.61. The molecule has 2 aromatic carbocycles. The van der Waals surface area contributed by atoms with Gasteiger partial charge < -0.3 is 15.0 Å². The van der Waals surface area contributed by atoms with Crippen LogP contribution in [0.1, 0.15) is 55.5 Å². The zero-order valence-electron chi connectivity index (χ0n) is 16.4. The van der Waals surface area contributed by atoms with Crippen molar-refractivity contribution in [2.45, 2.75) is 57.7 Å². The van der Waals surface area contributed by atoms with Gasteiger partial charge in [-0.1, -0.05) is 43.2 Å². The number of carbonyl (C=O) groups excluding carboxylic acids is 2. The van der Waals surface area contributed by atoms with Crippen LogP contribution in [0.2, 0.25) is 0 Å². The molecule has 2 amide bonds. The minimum Gasteiger partial charge on any atom is -0.476 e. The molecule has 0 radical (unpaired) electrons. The van der Waals surface area contributed by atoms with Gasteiger partial charge in [-0.25, -0.2) is 0 Å². The first-order valence-electron chi connectivity index (χ1n) is 9.94. The van der Waals surface area contributed by atoms with E-state index in [0.29, 0.717) is 23.5 Å². The number of anilines is 1. The van der Waals surface area contributed by atoms with E-state index in [1.807, 2.05) is 30.3 Å². The third-order valence-electron chi connectivity index (χ3n) is 5.51. The number of nitrogens with one attached hydrogen (secondary N) is 1. The van der Waals surface area contributed by atoms with Crippen LogP contribution in [0.5, 0.6) is 5.75 Å².